The number of nitrogens with zero attached hydrogens (tertiary/aromatic N) is 1. The highest BCUT2D eigenvalue weighted by atomic mass is 32.2. The van der Waals surface area contributed by atoms with Gasteiger partial charge in [-0.2, -0.15) is 0 Å². The molecule has 0 spiro atoms. The maximum Gasteiger partial charge on any atom is 0.305 e. The number of ether oxygens (including phenoxy) is 1. The molecule has 2 aliphatic rings. The van der Waals surface area contributed by atoms with Gasteiger partial charge < -0.3 is 9.64 Å². The quantitative estimate of drug-likeness (QED) is 0.783. The van der Waals surface area contributed by atoms with Gasteiger partial charge in [-0.25, -0.2) is 0 Å². The van der Waals surface area contributed by atoms with Crippen LogP contribution < -0.4 is 0 Å². The number of carbonyl (C=O) groups excluding carboxylic acids is 2. The van der Waals surface area contributed by atoms with E-state index in [-0.39, 0.29) is 29.1 Å². The highest BCUT2D eigenvalue weighted by Crippen LogP contribution is 2.42. The van der Waals surface area contributed by atoms with Gasteiger partial charge in [0.05, 0.1) is 11.9 Å². The first-order valence-electron chi connectivity index (χ1n) is 7.88. The van der Waals surface area contributed by atoms with E-state index in [0.717, 1.165) is 24.3 Å². The monoisotopic (exact) mass is 319 g/mol. The third kappa shape index (κ3) is 3.00. The van der Waals surface area contributed by atoms with Gasteiger partial charge in [0.15, 0.2) is 0 Å². The number of hydrogen-bond donors (Lipinski definition) is 0. The van der Waals surface area contributed by atoms with Crippen LogP contribution in [0.2, 0.25) is 0 Å². The molecule has 0 saturated carbocycles. The Hall–Kier alpha value is -1.49. The maximum absolute atomic E-state index is 12.7. The van der Waals surface area contributed by atoms with Crippen LogP contribution in [0.3, 0.4) is 0 Å². The van der Waals surface area contributed by atoms with Crippen LogP contribution >= 0.6 is 11.8 Å². The average molecular weight is 319 g/mol. The van der Waals surface area contributed by atoms with Crippen molar-refractivity contribution in [1.82, 2.24) is 4.90 Å². The molecule has 2 fully saturated rings. The molecule has 2 aliphatic heterocycles. The minimum atomic E-state index is -0.188. The lowest BCUT2D eigenvalue weighted by Gasteiger charge is -2.21. The minimum absolute atomic E-state index is 0.0932. The molecule has 1 amide bonds. The number of hydrogen-bond acceptors (Lipinski definition) is 4. The zero-order chi connectivity index (χ0) is 15.5. The molecular weight excluding hydrogens is 298 g/mol. The molecule has 22 heavy (non-hydrogen) atoms. The summed E-state index contributed by atoms with van der Waals surface area (Å²) < 4.78 is 5.37. The van der Waals surface area contributed by atoms with Gasteiger partial charge in [-0.15, -0.1) is 11.8 Å². The second kappa shape index (κ2) is 6.73. The second-order valence-electron chi connectivity index (χ2n) is 5.79. The highest BCUT2D eigenvalue weighted by molar-refractivity contribution is 8.00. The van der Waals surface area contributed by atoms with Crippen LogP contribution in [0, 0.1) is 5.92 Å². The fourth-order valence-electron chi connectivity index (χ4n) is 3.33. The van der Waals surface area contributed by atoms with Crippen LogP contribution in [0.15, 0.2) is 35.2 Å². The van der Waals surface area contributed by atoms with Crippen molar-refractivity contribution < 1.29 is 14.3 Å². The van der Waals surface area contributed by atoms with E-state index in [9.17, 15) is 9.59 Å². The van der Waals surface area contributed by atoms with E-state index < -0.39 is 0 Å². The topological polar surface area (TPSA) is 46.6 Å². The van der Waals surface area contributed by atoms with E-state index >= 15 is 0 Å². The molecule has 0 aromatic heterocycles. The summed E-state index contributed by atoms with van der Waals surface area (Å²) in [5, 5.41) is -0.141. The Labute approximate surface area is 135 Å². The summed E-state index contributed by atoms with van der Waals surface area (Å²) in [5.41, 5.74) is 0. The van der Waals surface area contributed by atoms with Crippen LogP contribution in [0.1, 0.15) is 26.2 Å². The molecule has 1 unspecified atom stereocenters. The standard InChI is InChI=1S/C17H21NO3S/c1-2-15(19)21-11-13-14-9-6-10-18(14)17(20)16(13)22-12-7-4-3-5-8-12/h3-5,7-8,13-14,16H,2,6,9-11H2,1H3/t13-,14-,16?/m0/s1. The predicted octanol–water partition coefficient (Wildman–Crippen LogP) is 2.72. The van der Waals surface area contributed by atoms with Gasteiger partial charge in [-0.3, -0.25) is 9.59 Å². The Morgan fingerprint density at radius 3 is 2.86 bits per heavy atom. The van der Waals surface area contributed by atoms with E-state index in [1.54, 1.807) is 18.7 Å². The predicted molar refractivity (Wildman–Crippen MR) is 85.6 cm³/mol. The first-order chi connectivity index (χ1) is 10.7. The van der Waals surface area contributed by atoms with Crippen LogP contribution in [0.4, 0.5) is 0 Å². The first kappa shape index (κ1) is 15.4. The number of benzene rings is 1. The molecule has 0 N–H and O–H groups in total. The van der Waals surface area contributed by atoms with E-state index in [2.05, 4.69) is 0 Å². The number of thioether (sulfide) groups is 1. The largest absolute Gasteiger partial charge is 0.465 e. The summed E-state index contributed by atoms with van der Waals surface area (Å²) in [6.45, 7) is 2.98. The van der Waals surface area contributed by atoms with Gasteiger partial charge in [0.25, 0.3) is 0 Å². The SMILES string of the molecule is CCC(=O)OC[C@@H]1C(Sc2ccccc2)C(=O)N2CCC[C@@H]12. The Morgan fingerprint density at radius 2 is 2.14 bits per heavy atom. The van der Waals surface area contributed by atoms with Crippen LogP contribution in [0.25, 0.3) is 0 Å². The summed E-state index contributed by atoms with van der Waals surface area (Å²) >= 11 is 1.60. The van der Waals surface area contributed by atoms with Gasteiger partial charge in [0.2, 0.25) is 5.91 Å². The summed E-state index contributed by atoms with van der Waals surface area (Å²) in [4.78, 5) is 27.2. The normalized spacial score (nSPS) is 27.0. The fraction of sp³-hybridized carbons (Fsp3) is 0.529. The number of carbonyl (C=O) groups is 2. The van der Waals surface area contributed by atoms with E-state index in [1.807, 2.05) is 35.2 Å². The molecule has 0 bridgehead atoms. The zero-order valence-electron chi connectivity index (χ0n) is 12.7. The van der Waals surface area contributed by atoms with Gasteiger partial charge >= 0.3 is 5.97 Å². The van der Waals surface area contributed by atoms with Crippen molar-refractivity contribution in [2.24, 2.45) is 5.92 Å². The molecule has 2 heterocycles. The van der Waals surface area contributed by atoms with Crippen molar-refractivity contribution in [2.45, 2.75) is 42.4 Å². The molecular formula is C17H21NO3S. The van der Waals surface area contributed by atoms with Crippen molar-refractivity contribution in [3.63, 3.8) is 0 Å². The lowest BCUT2D eigenvalue weighted by Crippen LogP contribution is -2.30. The summed E-state index contributed by atoms with van der Waals surface area (Å²) in [6, 6.07) is 10.2. The van der Waals surface area contributed by atoms with Gasteiger partial charge in [-0.1, -0.05) is 25.1 Å². The van der Waals surface area contributed by atoms with Crippen molar-refractivity contribution in [1.29, 1.82) is 0 Å². The highest BCUT2D eigenvalue weighted by Gasteiger charge is 2.50. The Morgan fingerprint density at radius 1 is 1.36 bits per heavy atom. The number of fused-ring (bicyclic) bond motifs is 1. The minimum Gasteiger partial charge on any atom is -0.465 e. The number of rotatable bonds is 5. The lowest BCUT2D eigenvalue weighted by atomic mass is 9.99. The molecule has 5 heteroatoms. The molecule has 2 saturated heterocycles. The van der Waals surface area contributed by atoms with E-state index in [0.29, 0.717) is 13.0 Å². The lowest BCUT2D eigenvalue weighted by molar-refractivity contribution is -0.144. The molecule has 118 valence electrons. The van der Waals surface area contributed by atoms with Crippen molar-refractivity contribution in [3.8, 4) is 0 Å². The van der Waals surface area contributed by atoms with Crippen LogP contribution in [-0.4, -0.2) is 41.2 Å². The van der Waals surface area contributed by atoms with E-state index in [1.165, 1.54) is 0 Å². The molecule has 3 rings (SSSR count). The Balaban J connectivity index is 1.75. The number of esters is 1. The maximum atomic E-state index is 12.7. The summed E-state index contributed by atoms with van der Waals surface area (Å²) in [7, 11) is 0. The molecule has 0 radical (unpaired) electrons. The van der Waals surface area contributed by atoms with Crippen LogP contribution in [0.5, 0.6) is 0 Å². The number of amides is 1. The third-order valence-corrected chi connectivity index (χ3v) is 5.79. The Bertz CT molecular complexity index is 548. The second-order valence-corrected chi connectivity index (χ2v) is 7.01. The summed E-state index contributed by atoms with van der Waals surface area (Å²) in [5.74, 6) is 0.108. The molecule has 1 aromatic carbocycles. The third-order valence-electron chi connectivity index (χ3n) is 4.44. The zero-order valence-corrected chi connectivity index (χ0v) is 13.6. The van der Waals surface area contributed by atoms with Gasteiger partial charge in [0, 0.05) is 29.8 Å². The smallest absolute Gasteiger partial charge is 0.305 e. The molecule has 3 atom stereocenters. The first-order valence-corrected chi connectivity index (χ1v) is 8.76. The Kier molecular flexibility index (Phi) is 4.71. The molecule has 0 aliphatic carbocycles. The molecule has 4 nitrogen and oxygen atoms in total. The van der Waals surface area contributed by atoms with Gasteiger partial charge in [-0.05, 0) is 25.0 Å². The van der Waals surface area contributed by atoms with Crippen molar-refractivity contribution >= 4 is 23.6 Å². The van der Waals surface area contributed by atoms with Crippen molar-refractivity contribution in [2.75, 3.05) is 13.2 Å². The van der Waals surface area contributed by atoms with Crippen LogP contribution in [-0.2, 0) is 14.3 Å². The van der Waals surface area contributed by atoms with Gasteiger partial charge in [0.1, 0.15) is 0 Å². The van der Waals surface area contributed by atoms with Crippen molar-refractivity contribution in [3.05, 3.63) is 30.3 Å². The summed E-state index contributed by atoms with van der Waals surface area (Å²) in [6.07, 6.45) is 2.45. The van der Waals surface area contributed by atoms with E-state index in [4.69, 9.17) is 4.74 Å². The average Bonchev–Trinajstić information content (AvgIpc) is 3.11. The fourth-order valence-corrected chi connectivity index (χ4v) is 4.61. The molecule has 1 aromatic rings.